The Kier molecular flexibility index (Phi) is 3.24. The fraction of sp³-hybridized carbons (Fsp3) is 0.182. The van der Waals surface area contributed by atoms with Crippen LogP contribution in [-0.2, 0) is 16.3 Å². The maximum absolute atomic E-state index is 12.8. The second kappa shape index (κ2) is 4.51. The van der Waals surface area contributed by atoms with Crippen LogP contribution in [0.1, 0.15) is 5.56 Å². The zero-order valence-corrected chi connectivity index (χ0v) is 10.7. The van der Waals surface area contributed by atoms with E-state index in [1.165, 1.54) is 0 Å². The van der Waals surface area contributed by atoms with Crippen molar-refractivity contribution in [3.05, 3.63) is 40.2 Å². The molecule has 0 aliphatic carbocycles. The molecular formula is C11H7F3O5S. The molecule has 0 amide bonds. The first-order chi connectivity index (χ1) is 9.06. The number of halogens is 3. The standard InChI is InChI=1S/C11H7F3O5S/c1-20(16,17)19-6-2-3-7-8(11(12,13)14)5-10(15)18-9(7)4-6/h2-5H,1H3. The molecule has 0 fully saturated rings. The normalized spacial score (nSPS) is 12.6. The molecule has 0 saturated heterocycles. The van der Waals surface area contributed by atoms with E-state index in [-0.39, 0.29) is 11.1 Å². The van der Waals surface area contributed by atoms with Crippen LogP contribution in [0, 0.1) is 0 Å². The van der Waals surface area contributed by atoms with E-state index in [0.717, 1.165) is 24.5 Å². The highest BCUT2D eigenvalue weighted by Crippen LogP contribution is 2.34. The van der Waals surface area contributed by atoms with Crippen LogP contribution < -0.4 is 9.81 Å². The Hall–Kier alpha value is -2.03. The van der Waals surface area contributed by atoms with Crippen LogP contribution in [0.25, 0.3) is 11.0 Å². The summed E-state index contributed by atoms with van der Waals surface area (Å²) in [6, 6.07) is 3.26. The van der Waals surface area contributed by atoms with Crippen molar-refractivity contribution in [1.82, 2.24) is 0 Å². The molecule has 1 aromatic heterocycles. The van der Waals surface area contributed by atoms with E-state index in [0.29, 0.717) is 6.07 Å². The Bertz CT molecular complexity index is 820. The maximum Gasteiger partial charge on any atom is 0.417 e. The summed E-state index contributed by atoms with van der Waals surface area (Å²) in [5.74, 6) is -0.248. The van der Waals surface area contributed by atoms with Gasteiger partial charge in [0, 0.05) is 17.5 Å². The van der Waals surface area contributed by atoms with Crippen LogP contribution in [-0.4, -0.2) is 14.7 Å². The van der Waals surface area contributed by atoms with Gasteiger partial charge in [-0.2, -0.15) is 21.6 Å². The summed E-state index contributed by atoms with van der Waals surface area (Å²) >= 11 is 0. The summed E-state index contributed by atoms with van der Waals surface area (Å²) in [7, 11) is -3.84. The predicted octanol–water partition coefficient (Wildman–Crippen LogP) is 2.15. The molecule has 0 bridgehead atoms. The smallest absolute Gasteiger partial charge is 0.417 e. The van der Waals surface area contributed by atoms with Crippen molar-refractivity contribution in [2.24, 2.45) is 0 Å². The molecule has 2 aromatic rings. The van der Waals surface area contributed by atoms with Gasteiger partial charge < -0.3 is 8.60 Å². The zero-order valence-electron chi connectivity index (χ0n) is 9.89. The zero-order chi connectivity index (χ0) is 15.1. The molecule has 0 atom stereocenters. The second-order valence-electron chi connectivity index (χ2n) is 3.92. The SMILES string of the molecule is CS(=O)(=O)Oc1ccc2c(C(F)(F)F)cc(=O)oc2c1. The third-order valence-electron chi connectivity index (χ3n) is 2.27. The molecule has 0 unspecified atom stereocenters. The maximum atomic E-state index is 12.8. The van der Waals surface area contributed by atoms with Gasteiger partial charge >= 0.3 is 21.9 Å². The summed E-state index contributed by atoms with van der Waals surface area (Å²) in [5, 5.41) is -0.363. The van der Waals surface area contributed by atoms with Crippen LogP contribution >= 0.6 is 0 Å². The third kappa shape index (κ3) is 3.10. The van der Waals surface area contributed by atoms with E-state index >= 15 is 0 Å². The average Bonchev–Trinajstić information content (AvgIpc) is 2.23. The molecule has 20 heavy (non-hydrogen) atoms. The van der Waals surface area contributed by atoms with E-state index in [1.54, 1.807) is 0 Å². The lowest BCUT2D eigenvalue weighted by atomic mass is 10.1. The van der Waals surface area contributed by atoms with Crippen molar-refractivity contribution in [3.63, 3.8) is 0 Å². The highest BCUT2D eigenvalue weighted by molar-refractivity contribution is 7.86. The number of benzene rings is 1. The molecule has 5 nitrogen and oxygen atoms in total. The third-order valence-corrected chi connectivity index (χ3v) is 2.76. The monoisotopic (exact) mass is 308 g/mol. The van der Waals surface area contributed by atoms with E-state index in [2.05, 4.69) is 8.60 Å². The first kappa shape index (κ1) is 14.4. The van der Waals surface area contributed by atoms with Crippen molar-refractivity contribution in [2.75, 3.05) is 6.26 Å². The second-order valence-corrected chi connectivity index (χ2v) is 5.50. The van der Waals surface area contributed by atoms with E-state index in [9.17, 15) is 26.4 Å². The van der Waals surface area contributed by atoms with E-state index in [1.807, 2.05) is 0 Å². The Labute approximate surface area is 110 Å². The van der Waals surface area contributed by atoms with Gasteiger partial charge in [-0.3, -0.25) is 0 Å². The lowest BCUT2D eigenvalue weighted by molar-refractivity contribution is -0.136. The molecule has 1 heterocycles. The van der Waals surface area contributed by atoms with Crippen LogP contribution in [0.2, 0.25) is 0 Å². The molecule has 0 spiro atoms. The van der Waals surface area contributed by atoms with Gasteiger partial charge in [0.25, 0.3) is 0 Å². The molecular weight excluding hydrogens is 301 g/mol. The average molecular weight is 308 g/mol. The molecule has 0 aliphatic rings. The number of hydrogen-bond donors (Lipinski definition) is 0. The first-order valence-corrected chi connectivity index (χ1v) is 6.92. The van der Waals surface area contributed by atoms with Gasteiger partial charge in [-0.1, -0.05) is 0 Å². The van der Waals surface area contributed by atoms with E-state index < -0.39 is 33.1 Å². The number of fused-ring (bicyclic) bond motifs is 1. The summed E-state index contributed by atoms with van der Waals surface area (Å²) in [6.45, 7) is 0. The molecule has 2 rings (SSSR count). The molecule has 0 saturated carbocycles. The molecule has 0 aliphatic heterocycles. The summed E-state index contributed by atoms with van der Waals surface area (Å²) in [5.41, 5.74) is -2.76. The highest BCUT2D eigenvalue weighted by atomic mass is 32.2. The Balaban J connectivity index is 2.69. The fourth-order valence-electron chi connectivity index (χ4n) is 1.60. The van der Waals surface area contributed by atoms with Crippen LogP contribution in [0.4, 0.5) is 13.2 Å². The molecule has 0 N–H and O–H groups in total. The minimum Gasteiger partial charge on any atom is -0.423 e. The summed E-state index contributed by atoms with van der Waals surface area (Å²) < 4.78 is 69.3. The van der Waals surface area contributed by atoms with Gasteiger partial charge in [0.15, 0.2) is 0 Å². The van der Waals surface area contributed by atoms with Crippen molar-refractivity contribution < 1.29 is 30.2 Å². The largest absolute Gasteiger partial charge is 0.423 e. The number of rotatable bonds is 2. The van der Waals surface area contributed by atoms with Gasteiger partial charge in [0.1, 0.15) is 11.3 Å². The lowest BCUT2D eigenvalue weighted by Gasteiger charge is -2.09. The van der Waals surface area contributed by atoms with E-state index in [4.69, 9.17) is 0 Å². The van der Waals surface area contributed by atoms with Gasteiger partial charge in [0.2, 0.25) is 0 Å². The number of alkyl halides is 3. The summed E-state index contributed by atoms with van der Waals surface area (Å²) in [6.07, 6.45) is -3.95. The molecule has 1 aromatic carbocycles. The van der Waals surface area contributed by atoms with Crippen molar-refractivity contribution >= 4 is 21.1 Å². The Morgan fingerprint density at radius 2 is 1.85 bits per heavy atom. The van der Waals surface area contributed by atoms with Crippen molar-refractivity contribution in [1.29, 1.82) is 0 Å². The van der Waals surface area contributed by atoms with Crippen LogP contribution in [0.5, 0.6) is 5.75 Å². The Morgan fingerprint density at radius 1 is 1.20 bits per heavy atom. The number of hydrogen-bond acceptors (Lipinski definition) is 5. The van der Waals surface area contributed by atoms with Gasteiger partial charge in [-0.15, -0.1) is 0 Å². The fourth-order valence-corrected chi connectivity index (χ4v) is 2.06. The predicted molar refractivity (Wildman–Crippen MR) is 63.0 cm³/mol. The quantitative estimate of drug-likeness (QED) is 0.628. The van der Waals surface area contributed by atoms with Crippen molar-refractivity contribution in [3.8, 4) is 5.75 Å². The Morgan fingerprint density at radius 3 is 2.40 bits per heavy atom. The lowest BCUT2D eigenvalue weighted by Crippen LogP contribution is -2.11. The topological polar surface area (TPSA) is 73.6 Å². The van der Waals surface area contributed by atoms with Crippen molar-refractivity contribution in [2.45, 2.75) is 6.18 Å². The molecule has 9 heteroatoms. The van der Waals surface area contributed by atoms with Gasteiger partial charge in [0.05, 0.1) is 11.8 Å². The molecule has 0 radical (unpaired) electrons. The minimum absolute atomic E-state index is 0.248. The van der Waals surface area contributed by atoms with Crippen LogP contribution in [0.15, 0.2) is 33.5 Å². The summed E-state index contributed by atoms with van der Waals surface area (Å²) in [4.78, 5) is 11.1. The first-order valence-electron chi connectivity index (χ1n) is 5.11. The minimum atomic E-state index is -4.73. The molecule has 108 valence electrons. The highest BCUT2D eigenvalue weighted by Gasteiger charge is 2.33. The van der Waals surface area contributed by atoms with Gasteiger partial charge in [-0.05, 0) is 12.1 Å². The van der Waals surface area contributed by atoms with Crippen LogP contribution in [0.3, 0.4) is 0 Å². The van der Waals surface area contributed by atoms with Gasteiger partial charge in [-0.25, -0.2) is 4.79 Å².